The van der Waals surface area contributed by atoms with Gasteiger partial charge < -0.3 is 16.3 Å². The van der Waals surface area contributed by atoms with E-state index in [-0.39, 0.29) is 35.6 Å². The van der Waals surface area contributed by atoms with Crippen LogP contribution in [0.3, 0.4) is 0 Å². The Morgan fingerprint density at radius 3 is 2.00 bits per heavy atom. The van der Waals surface area contributed by atoms with E-state index in [1.807, 2.05) is 19.1 Å². The summed E-state index contributed by atoms with van der Waals surface area (Å²) in [5.74, 6) is 0. The molecule has 0 aliphatic heterocycles. The quantitative estimate of drug-likeness (QED) is 0.384. The van der Waals surface area contributed by atoms with Crippen LogP contribution in [0, 0.1) is 13.0 Å². The summed E-state index contributed by atoms with van der Waals surface area (Å²) in [6, 6.07) is 0. The van der Waals surface area contributed by atoms with Gasteiger partial charge in [0.1, 0.15) is 0 Å². The largest absolute Gasteiger partial charge is 4.00 e. The van der Waals surface area contributed by atoms with E-state index in [4.69, 9.17) is 0 Å². The summed E-state index contributed by atoms with van der Waals surface area (Å²) in [6.07, 6.45) is 11.0. The molecule has 0 radical (unpaired) electrons. The molecule has 0 aromatic heterocycles. The van der Waals surface area contributed by atoms with Crippen LogP contribution in [0.5, 0.6) is 0 Å². The van der Waals surface area contributed by atoms with Gasteiger partial charge in [-0.15, -0.1) is 6.42 Å². The Bertz CT molecular complexity index is 80.1. The number of allylic oxidation sites excluding steroid dienone is 4. The fourth-order valence-corrected chi connectivity index (χ4v) is 0.340. The zero-order chi connectivity index (χ0) is 6.24. The average molecular weight is 237 g/mol. The second-order valence-corrected chi connectivity index (χ2v) is 1.50. The van der Waals surface area contributed by atoms with Crippen LogP contribution < -0.4 is 9.41 Å². The number of hydrogen-bond donors (Lipinski definition) is 0. The van der Waals surface area contributed by atoms with Crippen LogP contribution in [0.4, 0.5) is 0 Å². The summed E-state index contributed by atoms with van der Waals surface area (Å²) in [7, 11) is 0. The van der Waals surface area contributed by atoms with Crippen LogP contribution in [0.25, 0.3) is 0 Å². The number of halogens is 2. The minimum absolute atomic E-state index is 0. The maximum atomic E-state index is 3.49. The maximum Gasteiger partial charge on any atom is 4.00 e. The van der Waals surface area contributed by atoms with Gasteiger partial charge in [-0.05, 0) is 0 Å². The third kappa shape index (κ3) is 25.3. The van der Waals surface area contributed by atoms with Gasteiger partial charge in [0.15, 0.2) is 0 Å². The first-order valence-corrected chi connectivity index (χ1v) is 2.92. The molecule has 3 heteroatoms. The SMILES string of the molecule is [C-]1=CC=CC1.[CH2-]CC.[F-].[F-].[Zr+4]. The Labute approximate surface area is 86.6 Å². The average Bonchev–Trinajstić information content (AvgIpc) is 2.17. The second-order valence-electron chi connectivity index (χ2n) is 1.50. The van der Waals surface area contributed by atoms with Crippen molar-refractivity contribution in [3.63, 3.8) is 0 Å². The molecule has 1 rings (SSSR count). The van der Waals surface area contributed by atoms with Gasteiger partial charge in [0, 0.05) is 0 Å². The van der Waals surface area contributed by atoms with Crippen LogP contribution >= 0.6 is 0 Å². The second kappa shape index (κ2) is 22.5. The van der Waals surface area contributed by atoms with E-state index in [2.05, 4.69) is 19.1 Å². The molecule has 0 heterocycles. The topological polar surface area (TPSA) is 0 Å². The number of hydrogen-bond acceptors (Lipinski definition) is 0. The summed E-state index contributed by atoms with van der Waals surface area (Å²) in [4.78, 5) is 0. The van der Waals surface area contributed by atoms with E-state index in [0.717, 1.165) is 12.8 Å². The Kier molecular flexibility index (Phi) is 45.9. The molecule has 0 aromatic rings. The van der Waals surface area contributed by atoms with Gasteiger partial charge in [-0.1, -0.05) is 6.92 Å². The van der Waals surface area contributed by atoms with Gasteiger partial charge >= 0.3 is 26.2 Å². The van der Waals surface area contributed by atoms with Crippen LogP contribution in [0.1, 0.15) is 19.8 Å². The number of rotatable bonds is 0. The first-order chi connectivity index (χ1) is 3.91. The zero-order valence-electron chi connectivity index (χ0n) is 6.61. The summed E-state index contributed by atoms with van der Waals surface area (Å²) < 4.78 is 0. The normalized spacial score (nSPS) is 9.64. The first kappa shape index (κ1) is 22.5. The summed E-state index contributed by atoms with van der Waals surface area (Å²) in [5, 5.41) is 0. The summed E-state index contributed by atoms with van der Waals surface area (Å²) in [5.41, 5.74) is 0. The van der Waals surface area contributed by atoms with E-state index in [0.29, 0.717) is 0 Å². The molecule has 0 N–H and O–H groups in total. The molecule has 0 unspecified atom stereocenters. The van der Waals surface area contributed by atoms with Crippen molar-refractivity contribution in [2.75, 3.05) is 0 Å². The van der Waals surface area contributed by atoms with E-state index >= 15 is 0 Å². The fourth-order valence-electron chi connectivity index (χ4n) is 0.340. The molecular formula is C8H12F2Zr. The molecule has 1 aliphatic carbocycles. The Morgan fingerprint density at radius 2 is 1.91 bits per heavy atom. The van der Waals surface area contributed by atoms with E-state index in [1.54, 1.807) is 0 Å². The predicted molar refractivity (Wildman–Crippen MR) is 37.2 cm³/mol. The molecule has 0 nitrogen and oxygen atoms in total. The molecular weight excluding hydrogens is 225 g/mol. The van der Waals surface area contributed by atoms with Crippen molar-refractivity contribution in [2.45, 2.75) is 19.8 Å². The minimum atomic E-state index is 0. The predicted octanol–water partition coefficient (Wildman–Crippen LogP) is -3.46. The van der Waals surface area contributed by atoms with Gasteiger partial charge in [-0.25, -0.2) is 12.2 Å². The molecule has 1 aliphatic rings. The molecule has 0 amide bonds. The zero-order valence-corrected chi connectivity index (χ0v) is 9.07. The van der Waals surface area contributed by atoms with Gasteiger partial charge in [0.05, 0.1) is 0 Å². The van der Waals surface area contributed by atoms with Crippen molar-refractivity contribution in [2.24, 2.45) is 0 Å². The van der Waals surface area contributed by atoms with Crippen molar-refractivity contribution in [3.05, 3.63) is 31.2 Å². The first-order valence-electron chi connectivity index (χ1n) is 2.92. The van der Waals surface area contributed by atoms with E-state index in [9.17, 15) is 0 Å². The van der Waals surface area contributed by atoms with Crippen molar-refractivity contribution in [1.82, 2.24) is 0 Å². The van der Waals surface area contributed by atoms with Crippen LogP contribution in [-0.4, -0.2) is 0 Å². The molecule has 0 saturated carbocycles. The maximum absolute atomic E-state index is 3.49. The Morgan fingerprint density at radius 1 is 1.45 bits per heavy atom. The Hall–Kier alpha value is 0.223. The van der Waals surface area contributed by atoms with E-state index < -0.39 is 0 Å². The Balaban J connectivity index is -0.0000000379. The molecule has 0 saturated heterocycles. The standard InChI is InChI=1S/C5H5.C3H7.2FH.Zr/c1-2-4-5-3-1;1-3-2;;;/h1-3H,4H2;1,3H2,2H3;2*1H;/q2*-1;;;+4/p-2. The van der Waals surface area contributed by atoms with Crippen molar-refractivity contribution < 1.29 is 35.6 Å². The van der Waals surface area contributed by atoms with Crippen molar-refractivity contribution in [3.8, 4) is 0 Å². The smallest absolute Gasteiger partial charge is 1.00 e. The van der Waals surface area contributed by atoms with Crippen LogP contribution in [0.2, 0.25) is 0 Å². The minimum Gasteiger partial charge on any atom is -1.00 e. The summed E-state index contributed by atoms with van der Waals surface area (Å²) in [6.45, 7) is 5.50. The molecule has 0 atom stereocenters. The van der Waals surface area contributed by atoms with Crippen LogP contribution in [0.15, 0.2) is 18.2 Å². The molecule has 62 valence electrons. The van der Waals surface area contributed by atoms with Gasteiger partial charge in [0.2, 0.25) is 0 Å². The van der Waals surface area contributed by atoms with Gasteiger partial charge in [-0.2, -0.15) is 12.5 Å². The van der Waals surface area contributed by atoms with Crippen molar-refractivity contribution >= 4 is 0 Å². The van der Waals surface area contributed by atoms with Crippen molar-refractivity contribution in [1.29, 1.82) is 0 Å². The molecule has 11 heavy (non-hydrogen) atoms. The third-order valence-corrected chi connectivity index (χ3v) is 0.586. The monoisotopic (exact) mass is 236 g/mol. The van der Waals surface area contributed by atoms with E-state index in [1.165, 1.54) is 0 Å². The summed E-state index contributed by atoms with van der Waals surface area (Å²) >= 11 is 0. The fraction of sp³-hybridized carbons (Fsp3) is 0.375. The molecule has 0 fully saturated rings. The van der Waals surface area contributed by atoms with Gasteiger partial charge in [-0.3, -0.25) is 6.08 Å². The molecule has 0 spiro atoms. The molecule has 0 bridgehead atoms. The third-order valence-electron chi connectivity index (χ3n) is 0.586. The van der Waals surface area contributed by atoms with Crippen LogP contribution in [-0.2, 0) is 26.2 Å². The van der Waals surface area contributed by atoms with Gasteiger partial charge in [0.25, 0.3) is 0 Å². The molecule has 0 aromatic carbocycles.